The average molecular weight is 241 g/mol. The van der Waals surface area contributed by atoms with Crippen LogP contribution in [-0.4, -0.2) is 35.6 Å². The van der Waals surface area contributed by atoms with Crippen LogP contribution in [0.15, 0.2) is 0 Å². The number of rotatable bonds is 7. The molecule has 0 atom stereocenters. The summed E-state index contributed by atoms with van der Waals surface area (Å²) in [6, 6.07) is 0. The van der Waals surface area contributed by atoms with Crippen LogP contribution in [0.5, 0.6) is 0 Å². The molecule has 0 aliphatic carbocycles. The van der Waals surface area contributed by atoms with Crippen LogP contribution in [0.1, 0.15) is 19.8 Å². The van der Waals surface area contributed by atoms with Crippen LogP contribution < -0.4 is 5.32 Å². The molecule has 0 spiro atoms. The Morgan fingerprint density at radius 3 is 2.60 bits per heavy atom. The van der Waals surface area contributed by atoms with Gasteiger partial charge in [0.15, 0.2) is 0 Å². The number of nitrogens with one attached hydrogen (secondary N) is 1. The molecule has 0 aliphatic rings. The third kappa shape index (κ3) is 11.3. The maximum atomic E-state index is 10.9. The van der Waals surface area contributed by atoms with Crippen molar-refractivity contribution in [2.45, 2.75) is 19.8 Å². The zero-order chi connectivity index (χ0) is 11.7. The summed E-state index contributed by atoms with van der Waals surface area (Å²) in [6.45, 7) is 2.04. The zero-order valence-corrected chi connectivity index (χ0v) is 9.40. The molecule has 7 nitrogen and oxygen atoms in total. The van der Waals surface area contributed by atoms with Crippen LogP contribution in [0.4, 0.5) is 4.79 Å². The number of phosphoric ester groups is 1. The fraction of sp³-hybridized carbons (Fsp3) is 0.857. The minimum atomic E-state index is -4.44. The van der Waals surface area contributed by atoms with Gasteiger partial charge in [-0.25, -0.2) is 9.36 Å². The molecule has 1 amide bonds. The molecule has 0 bridgehead atoms. The predicted molar refractivity (Wildman–Crippen MR) is 52.3 cm³/mol. The van der Waals surface area contributed by atoms with Crippen LogP contribution in [0, 0.1) is 0 Å². The molecule has 0 heterocycles. The average Bonchev–Trinajstić information content (AvgIpc) is 2.11. The lowest BCUT2D eigenvalue weighted by atomic mass is 10.4. The minimum Gasteiger partial charge on any atom is -0.450 e. The summed E-state index contributed by atoms with van der Waals surface area (Å²) < 4.78 is 19.0. The smallest absolute Gasteiger partial charge is 0.450 e. The number of amides is 1. The summed E-state index contributed by atoms with van der Waals surface area (Å²) in [5, 5.41) is 2.28. The number of alkyl carbamates (subject to hydrolysis) is 1. The number of hydrogen-bond acceptors (Lipinski definition) is 4. The van der Waals surface area contributed by atoms with Gasteiger partial charge in [0.05, 0.1) is 13.2 Å². The van der Waals surface area contributed by atoms with E-state index in [1.54, 1.807) is 0 Å². The first kappa shape index (κ1) is 14.4. The van der Waals surface area contributed by atoms with Crippen LogP contribution in [-0.2, 0) is 13.8 Å². The molecule has 0 rings (SSSR count). The first-order chi connectivity index (χ1) is 6.95. The van der Waals surface area contributed by atoms with Crippen molar-refractivity contribution in [3.63, 3.8) is 0 Å². The molecular formula is C7H16NO6P. The third-order valence-electron chi connectivity index (χ3n) is 1.36. The quantitative estimate of drug-likeness (QED) is 0.445. The second-order valence-electron chi connectivity index (χ2n) is 2.74. The van der Waals surface area contributed by atoms with Gasteiger partial charge in [0.1, 0.15) is 0 Å². The van der Waals surface area contributed by atoms with Gasteiger partial charge in [0.2, 0.25) is 0 Å². The number of hydrogen-bond donors (Lipinski definition) is 3. The SMILES string of the molecule is CCCCOC(=O)NCCOP(=O)(O)O. The summed E-state index contributed by atoms with van der Waals surface area (Å²) in [5.74, 6) is 0. The molecule has 15 heavy (non-hydrogen) atoms. The van der Waals surface area contributed by atoms with Crippen LogP contribution in [0.3, 0.4) is 0 Å². The van der Waals surface area contributed by atoms with Crippen molar-refractivity contribution >= 4 is 13.9 Å². The highest BCUT2D eigenvalue weighted by atomic mass is 31.2. The topological polar surface area (TPSA) is 105 Å². The minimum absolute atomic E-state index is 0.00390. The summed E-state index contributed by atoms with van der Waals surface area (Å²) in [5.41, 5.74) is 0. The van der Waals surface area contributed by atoms with Gasteiger partial charge in [-0.05, 0) is 6.42 Å². The summed E-state index contributed by atoms with van der Waals surface area (Å²) in [6.07, 6.45) is 1.10. The van der Waals surface area contributed by atoms with E-state index in [0.29, 0.717) is 6.61 Å². The molecule has 0 aromatic heterocycles. The van der Waals surface area contributed by atoms with E-state index in [2.05, 4.69) is 9.84 Å². The first-order valence-corrected chi connectivity index (χ1v) is 6.09. The van der Waals surface area contributed by atoms with Gasteiger partial charge in [-0.3, -0.25) is 4.52 Å². The Hall–Kier alpha value is -0.620. The Labute approximate surface area is 88.0 Å². The number of carbonyl (C=O) groups is 1. The van der Waals surface area contributed by atoms with Crippen molar-refractivity contribution in [2.75, 3.05) is 19.8 Å². The number of unbranched alkanes of at least 4 members (excludes halogenated alkanes) is 1. The van der Waals surface area contributed by atoms with Crippen molar-refractivity contribution in [1.29, 1.82) is 0 Å². The van der Waals surface area contributed by atoms with Gasteiger partial charge in [-0.2, -0.15) is 0 Å². The van der Waals surface area contributed by atoms with E-state index >= 15 is 0 Å². The lowest BCUT2D eigenvalue weighted by Crippen LogP contribution is -2.27. The van der Waals surface area contributed by atoms with Crippen LogP contribution in [0.2, 0.25) is 0 Å². The lowest BCUT2D eigenvalue weighted by molar-refractivity contribution is 0.139. The fourth-order valence-electron chi connectivity index (χ4n) is 0.678. The zero-order valence-electron chi connectivity index (χ0n) is 8.51. The van der Waals surface area contributed by atoms with Crippen molar-refractivity contribution in [3.8, 4) is 0 Å². The van der Waals surface area contributed by atoms with Gasteiger partial charge in [-0.1, -0.05) is 13.3 Å². The molecule has 8 heteroatoms. The predicted octanol–water partition coefficient (Wildman–Crippen LogP) is 0.622. The van der Waals surface area contributed by atoms with Crippen molar-refractivity contribution in [2.24, 2.45) is 0 Å². The van der Waals surface area contributed by atoms with E-state index in [1.165, 1.54) is 0 Å². The Kier molecular flexibility index (Phi) is 7.33. The summed E-state index contributed by atoms with van der Waals surface area (Å²) in [7, 11) is -4.44. The van der Waals surface area contributed by atoms with Gasteiger partial charge < -0.3 is 19.8 Å². The number of carbonyl (C=O) groups excluding carboxylic acids is 1. The molecule has 0 aliphatic heterocycles. The Balaban J connectivity index is 3.35. The van der Waals surface area contributed by atoms with Crippen LogP contribution >= 0.6 is 7.82 Å². The van der Waals surface area contributed by atoms with Crippen molar-refractivity contribution in [3.05, 3.63) is 0 Å². The standard InChI is InChI=1S/C7H16NO6P/c1-2-3-5-13-7(9)8-4-6-14-15(10,11)12/h2-6H2,1H3,(H,8,9)(H2,10,11,12). The Morgan fingerprint density at radius 1 is 1.40 bits per heavy atom. The van der Waals surface area contributed by atoms with E-state index in [-0.39, 0.29) is 13.2 Å². The second kappa shape index (κ2) is 7.64. The maximum absolute atomic E-state index is 10.9. The lowest BCUT2D eigenvalue weighted by Gasteiger charge is -2.07. The third-order valence-corrected chi connectivity index (χ3v) is 1.88. The highest BCUT2D eigenvalue weighted by molar-refractivity contribution is 7.46. The molecular weight excluding hydrogens is 225 g/mol. The van der Waals surface area contributed by atoms with Gasteiger partial charge in [0.25, 0.3) is 0 Å². The number of phosphoric acid groups is 1. The highest BCUT2D eigenvalue weighted by Gasteiger charge is 2.12. The van der Waals surface area contributed by atoms with E-state index in [4.69, 9.17) is 14.5 Å². The molecule has 0 saturated heterocycles. The summed E-state index contributed by atoms with van der Waals surface area (Å²) in [4.78, 5) is 27.5. The molecule has 3 N–H and O–H groups in total. The molecule has 0 aromatic carbocycles. The van der Waals surface area contributed by atoms with E-state index < -0.39 is 13.9 Å². The molecule has 0 fully saturated rings. The Bertz CT molecular complexity index is 228. The largest absolute Gasteiger partial charge is 0.469 e. The van der Waals surface area contributed by atoms with E-state index in [1.807, 2.05) is 6.92 Å². The first-order valence-electron chi connectivity index (χ1n) is 4.56. The normalized spacial score (nSPS) is 11.1. The Morgan fingerprint density at radius 2 is 2.07 bits per heavy atom. The second-order valence-corrected chi connectivity index (χ2v) is 3.98. The maximum Gasteiger partial charge on any atom is 0.469 e. The summed E-state index contributed by atoms with van der Waals surface area (Å²) >= 11 is 0. The van der Waals surface area contributed by atoms with Gasteiger partial charge in [-0.15, -0.1) is 0 Å². The van der Waals surface area contributed by atoms with Crippen molar-refractivity contribution in [1.82, 2.24) is 5.32 Å². The fourth-order valence-corrected chi connectivity index (χ4v) is 1.01. The molecule has 0 unspecified atom stereocenters. The van der Waals surface area contributed by atoms with Gasteiger partial charge in [0, 0.05) is 6.54 Å². The van der Waals surface area contributed by atoms with Gasteiger partial charge >= 0.3 is 13.9 Å². The van der Waals surface area contributed by atoms with E-state index in [9.17, 15) is 9.36 Å². The molecule has 0 aromatic rings. The van der Waals surface area contributed by atoms with Crippen LogP contribution in [0.25, 0.3) is 0 Å². The molecule has 0 saturated carbocycles. The van der Waals surface area contributed by atoms with E-state index in [0.717, 1.165) is 12.8 Å². The highest BCUT2D eigenvalue weighted by Crippen LogP contribution is 2.34. The monoisotopic (exact) mass is 241 g/mol. The van der Waals surface area contributed by atoms with Crippen molar-refractivity contribution < 1.29 is 28.4 Å². The number of ether oxygens (including phenoxy) is 1. The molecule has 90 valence electrons. The molecule has 0 radical (unpaired) electrons.